The maximum absolute atomic E-state index is 13.3. The predicted octanol–water partition coefficient (Wildman–Crippen LogP) is 2.33. The van der Waals surface area contributed by atoms with Crippen molar-refractivity contribution >= 4 is 15.9 Å². The second-order valence-corrected chi connectivity index (χ2v) is 4.09. The lowest BCUT2D eigenvalue weighted by Crippen LogP contribution is -2.36. The highest BCUT2D eigenvalue weighted by molar-refractivity contribution is 9.10. The molecule has 0 bridgehead atoms. The maximum atomic E-state index is 13.3. The molecule has 0 spiro atoms. The van der Waals surface area contributed by atoms with Crippen LogP contribution in [0.3, 0.4) is 0 Å². The molecule has 0 unspecified atom stereocenters. The maximum Gasteiger partial charge on any atom is 0.217 e. The zero-order chi connectivity index (χ0) is 9.42. The zero-order valence-corrected chi connectivity index (χ0v) is 8.86. The smallest absolute Gasteiger partial charge is 0.217 e. The molecule has 1 saturated heterocycles. The average Bonchev–Trinajstić information content (AvgIpc) is 2.02. The fourth-order valence-corrected chi connectivity index (χ4v) is 1.82. The lowest BCUT2D eigenvalue weighted by atomic mass is 9.96. The van der Waals surface area contributed by atoms with Crippen LogP contribution in [0, 0.1) is 12.9 Å². The standard InChI is InChI=1S/C9H10BrFN2/c1-5-6(10)4-13-9(11)8(5)7-2-3-12-7/h4,7,12H,2-3H2,1H3/t7-/m1/s1. The van der Waals surface area contributed by atoms with Gasteiger partial charge in [-0.15, -0.1) is 0 Å². The molecular weight excluding hydrogens is 235 g/mol. The molecule has 1 aliphatic rings. The van der Waals surface area contributed by atoms with E-state index in [2.05, 4.69) is 26.2 Å². The summed E-state index contributed by atoms with van der Waals surface area (Å²) in [6.07, 6.45) is 2.50. The van der Waals surface area contributed by atoms with Crippen molar-refractivity contribution in [2.45, 2.75) is 19.4 Å². The highest BCUT2D eigenvalue weighted by atomic mass is 79.9. The molecule has 70 valence electrons. The van der Waals surface area contributed by atoms with Gasteiger partial charge in [-0.2, -0.15) is 4.39 Å². The van der Waals surface area contributed by atoms with E-state index in [1.54, 1.807) is 0 Å². The minimum atomic E-state index is -0.349. The molecule has 0 amide bonds. The first-order valence-electron chi connectivity index (χ1n) is 4.24. The van der Waals surface area contributed by atoms with Crippen molar-refractivity contribution in [3.05, 3.63) is 27.7 Å². The van der Waals surface area contributed by atoms with Crippen LogP contribution in [0.4, 0.5) is 4.39 Å². The Kier molecular flexibility index (Phi) is 2.34. The summed E-state index contributed by atoms with van der Waals surface area (Å²) in [4.78, 5) is 3.69. The third-order valence-electron chi connectivity index (χ3n) is 2.45. The van der Waals surface area contributed by atoms with Crippen LogP contribution in [0.25, 0.3) is 0 Å². The quantitative estimate of drug-likeness (QED) is 0.768. The lowest BCUT2D eigenvalue weighted by Gasteiger charge is -2.29. The van der Waals surface area contributed by atoms with E-state index in [0.717, 1.165) is 23.0 Å². The molecule has 0 saturated carbocycles. The summed E-state index contributed by atoms with van der Waals surface area (Å²) < 4.78 is 14.2. The first-order valence-corrected chi connectivity index (χ1v) is 5.03. The van der Waals surface area contributed by atoms with Crippen molar-refractivity contribution in [2.75, 3.05) is 6.54 Å². The van der Waals surface area contributed by atoms with Gasteiger partial charge in [0.1, 0.15) is 0 Å². The van der Waals surface area contributed by atoms with E-state index in [0.29, 0.717) is 5.56 Å². The lowest BCUT2D eigenvalue weighted by molar-refractivity contribution is 0.364. The van der Waals surface area contributed by atoms with Crippen molar-refractivity contribution in [2.24, 2.45) is 0 Å². The largest absolute Gasteiger partial charge is 0.310 e. The van der Waals surface area contributed by atoms with Gasteiger partial charge in [-0.05, 0) is 41.4 Å². The van der Waals surface area contributed by atoms with Gasteiger partial charge >= 0.3 is 0 Å². The van der Waals surface area contributed by atoms with Gasteiger partial charge in [0, 0.05) is 22.3 Å². The topological polar surface area (TPSA) is 24.9 Å². The third kappa shape index (κ3) is 1.48. The van der Waals surface area contributed by atoms with Gasteiger partial charge in [0.05, 0.1) is 0 Å². The first kappa shape index (κ1) is 9.09. The number of halogens is 2. The van der Waals surface area contributed by atoms with E-state index < -0.39 is 0 Å². The molecule has 2 heterocycles. The van der Waals surface area contributed by atoms with Gasteiger partial charge in [-0.1, -0.05) is 0 Å². The molecule has 1 N–H and O–H groups in total. The fourth-order valence-electron chi connectivity index (χ4n) is 1.50. The van der Waals surface area contributed by atoms with Gasteiger partial charge in [0.2, 0.25) is 5.95 Å². The van der Waals surface area contributed by atoms with Crippen LogP contribution in [0.15, 0.2) is 10.7 Å². The monoisotopic (exact) mass is 244 g/mol. The van der Waals surface area contributed by atoms with E-state index in [1.165, 1.54) is 6.20 Å². The van der Waals surface area contributed by atoms with Gasteiger partial charge in [-0.25, -0.2) is 4.98 Å². The fraction of sp³-hybridized carbons (Fsp3) is 0.444. The minimum absolute atomic E-state index is 0.157. The summed E-state index contributed by atoms with van der Waals surface area (Å²) in [5, 5.41) is 3.17. The van der Waals surface area contributed by atoms with Crippen molar-refractivity contribution < 1.29 is 4.39 Å². The number of pyridine rings is 1. The molecule has 1 aromatic rings. The summed E-state index contributed by atoms with van der Waals surface area (Å²) in [5.74, 6) is -0.349. The molecule has 2 nitrogen and oxygen atoms in total. The molecule has 1 aromatic heterocycles. The summed E-state index contributed by atoms with van der Waals surface area (Å²) in [6.45, 7) is 2.88. The number of rotatable bonds is 1. The Bertz CT molecular complexity index is 337. The number of nitrogens with zero attached hydrogens (tertiary/aromatic N) is 1. The highest BCUT2D eigenvalue weighted by Crippen LogP contribution is 2.30. The first-order chi connectivity index (χ1) is 6.20. The van der Waals surface area contributed by atoms with Gasteiger partial charge in [-0.3, -0.25) is 0 Å². The Morgan fingerprint density at radius 3 is 2.92 bits per heavy atom. The molecule has 4 heteroatoms. The Hall–Kier alpha value is -0.480. The van der Waals surface area contributed by atoms with Crippen LogP contribution < -0.4 is 5.32 Å². The van der Waals surface area contributed by atoms with Crippen molar-refractivity contribution in [3.8, 4) is 0 Å². The molecule has 0 aliphatic carbocycles. The van der Waals surface area contributed by atoms with Crippen molar-refractivity contribution in [3.63, 3.8) is 0 Å². The van der Waals surface area contributed by atoms with Gasteiger partial charge in [0.15, 0.2) is 0 Å². The van der Waals surface area contributed by atoms with E-state index in [1.807, 2.05) is 6.92 Å². The van der Waals surface area contributed by atoms with Crippen molar-refractivity contribution in [1.29, 1.82) is 0 Å². The van der Waals surface area contributed by atoms with Gasteiger partial charge < -0.3 is 5.32 Å². The Morgan fingerprint density at radius 1 is 1.69 bits per heavy atom. The van der Waals surface area contributed by atoms with Crippen molar-refractivity contribution in [1.82, 2.24) is 10.3 Å². The molecule has 1 aliphatic heterocycles. The minimum Gasteiger partial charge on any atom is -0.310 e. The van der Waals surface area contributed by atoms with E-state index in [4.69, 9.17) is 0 Å². The second kappa shape index (κ2) is 3.35. The summed E-state index contributed by atoms with van der Waals surface area (Å²) in [6, 6.07) is 0.157. The van der Waals surface area contributed by atoms with Crippen LogP contribution in [-0.4, -0.2) is 11.5 Å². The SMILES string of the molecule is Cc1c(Br)cnc(F)c1[C@H]1CCN1. The molecule has 0 radical (unpaired) electrons. The Balaban J connectivity index is 2.46. The summed E-state index contributed by atoms with van der Waals surface area (Å²) in [5.41, 5.74) is 1.66. The van der Waals surface area contributed by atoms with Crippen LogP contribution in [-0.2, 0) is 0 Å². The van der Waals surface area contributed by atoms with Gasteiger partial charge in [0.25, 0.3) is 0 Å². The summed E-state index contributed by atoms with van der Waals surface area (Å²) in [7, 11) is 0. The van der Waals surface area contributed by atoms with Crippen LogP contribution >= 0.6 is 15.9 Å². The number of hydrogen-bond donors (Lipinski definition) is 1. The van der Waals surface area contributed by atoms with E-state index in [-0.39, 0.29) is 12.0 Å². The molecule has 0 aromatic carbocycles. The highest BCUT2D eigenvalue weighted by Gasteiger charge is 2.25. The molecule has 1 atom stereocenters. The number of nitrogens with one attached hydrogen (secondary N) is 1. The predicted molar refractivity (Wildman–Crippen MR) is 52.0 cm³/mol. The molecule has 13 heavy (non-hydrogen) atoms. The number of hydrogen-bond acceptors (Lipinski definition) is 2. The van der Waals surface area contributed by atoms with Crippen LogP contribution in [0.2, 0.25) is 0 Å². The van der Waals surface area contributed by atoms with E-state index >= 15 is 0 Å². The normalized spacial score (nSPS) is 21.3. The molecule has 2 rings (SSSR count). The summed E-state index contributed by atoms with van der Waals surface area (Å²) >= 11 is 3.34. The molecular formula is C9H10BrFN2. The van der Waals surface area contributed by atoms with Crippen LogP contribution in [0.1, 0.15) is 23.6 Å². The van der Waals surface area contributed by atoms with E-state index in [9.17, 15) is 4.39 Å². The third-order valence-corrected chi connectivity index (χ3v) is 3.25. The Labute approximate surface area is 84.7 Å². The molecule has 1 fully saturated rings. The Morgan fingerprint density at radius 2 is 2.38 bits per heavy atom. The zero-order valence-electron chi connectivity index (χ0n) is 7.27. The van der Waals surface area contributed by atoms with Crippen LogP contribution in [0.5, 0.6) is 0 Å². The average molecular weight is 245 g/mol. The number of aromatic nitrogens is 1. The second-order valence-electron chi connectivity index (χ2n) is 3.23.